The van der Waals surface area contributed by atoms with Crippen LogP contribution < -0.4 is 4.74 Å². The molecule has 10 nitrogen and oxygen atoms in total. The summed E-state index contributed by atoms with van der Waals surface area (Å²) >= 11 is -1.12. The van der Waals surface area contributed by atoms with Crippen LogP contribution in [-0.2, 0) is 25.4 Å². The quantitative estimate of drug-likeness (QED) is 0.0549. The minimum absolute atomic E-state index is 0.243. The third kappa shape index (κ3) is 25.5. The standard InChI is InChI=1S/C38H68N4O6S/c1-2-3-4-5-6-7-8-9-10-11-12-13-14-15-16-20-29-47-33-36(48-38-39-23-21-24-40-38)34-49(45)32-31-46-30-28-42-27-26-41(35-42)25-19-17-18-22-37(43)44/h21,23-24,26-27,36H,2-20,22,25,28-35H2,1H3,(H,43,44). The lowest BCUT2D eigenvalue weighted by atomic mass is 10.0. The Morgan fingerprint density at radius 1 is 0.776 bits per heavy atom. The second-order valence-electron chi connectivity index (χ2n) is 13.3. The van der Waals surface area contributed by atoms with Crippen LogP contribution in [0.4, 0.5) is 0 Å². The summed E-state index contributed by atoms with van der Waals surface area (Å²) in [6, 6.07) is 2.02. The van der Waals surface area contributed by atoms with Crippen LogP contribution in [0.2, 0.25) is 0 Å². The highest BCUT2D eigenvalue weighted by Gasteiger charge is 2.21. The van der Waals surface area contributed by atoms with Gasteiger partial charge in [-0.15, -0.1) is 0 Å². The average molecular weight is 709 g/mol. The highest BCUT2D eigenvalue weighted by atomic mass is 32.2. The van der Waals surface area contributed by atoms with E-state index in [9.17, 15) is 9.35 Å². The molecule has 0 aromatic carbocycles. The van der Waals surface area contributed by atoms with Crippen LogP contribution in [0.3, 0.4) is 0 Å². The molecule has 0 fully saturated rings. The molecule has 11 heteroatoms. The van der Waals surface area contributed by atoms with Crippen molar-refractivity contribution in [3.63, 3.8) is 0 Å². The van der Waals surface area contributed by atoms with Gasteiger partial charge in [0.05, 0.1) is 26.5 Å². The number of rotatable bonds is 35. The van der Waals surface area contributed by atoms with Crippen LogP contribution in [0, 0.1) is 0 Å². The summed E-state index contributed by atoms with van der Waals surface area (Å²) in [5.41, 5.74) is 0. The van der Waals surface area contributed by atoms with Crippen LogP contribution in [0.5, 0.6) is 6.01 Å². The second kappa shape index (κ2) is 30.7. The fourth-order valence-corrected chi connectivity index (χ4v) is 6.93. The maximum Gasteiger partial charge on any atom is 0.316 e. The summed E-state index contributed by atoms with van der Waals surface area (Å²) in [6.45, 7) is 6.81. The van der Waals surface area contributed by atoms with Gasteiger partial charge in [0, 0.05) is 50.9 Å². The molecular weight excluding hydrogens is 641 g/mol. The summed E-state index contributed by atoms with van der Waals surface area (Å²) in [4.78, 5) is 23.4. The van der Waals surface area contributed by atoms with Crippen molar-refractivity contribution in [2.24, 2.45) is 0 Å². The van der Waals surface area contributed by atoms with Crippen molar-refractivity contribution in [1.82, 2.24) is 19.8 Å². The number of hydrogen-bond donors (Lipinski definition) is 1. The molecule has 0 bridgehead atoms. The highest BCUT2D eigenvalue weighted by Crippen LogP contribution is 2.14. The summed E-state index contributed by atoms with van der Waals surface area (Å²) in [5, 5.41) is 8.75. The molecule has 2 heterocycles. The van der Waals surface area contributed by atoms with E-state index in [1.165, 1.54) is 96.3 Å². The largest absolute Gasteiger partial charge is 0.616 e. The summed E-state index contributed by atoms with van der Waals surface area (Å²) < 4.78 is 30.6. The molecule has 49 heavy (non-hydrogen) atoms. The van der Waals surface area contributed by atoms with Crippen molar-refractivity contribution in [3.05, 3.63) is 30.9 Å². The first-order valence-corrected chi connectivity index (χ1v) is 20.9. The number of ether oxygens (including phenoxy) is 3. The van der Waals surface area contributed by atoms with Crippen LogP contribution in [0.25, 0.3) is 0 Å². The molecular formula is C38H68N4O6S. The Kier molecular flexibility index (Phi) is 27.0. The van der Waals surface area contributed by atoms with Gasteiger partial charge < -0.3 is 33.7 Å². The molecule has 0 amide bonds. The zero-order valence-corrected chi connectivity index (χ0v) is 31.5. The first-order valence-electron chi connectivity index (χ1n) is 19.4. The number of aromatic nitrogens is 2. The lowest BCUT2D eigenvalue weighted by molar-refractivity contribution is -0.137. The topological polar surface area (TPSA) is 120 Å². The molecule has 2 atom stereocenters. The average Bonchev–Trinajstić information content (AvgIpc) is 3.55. The Morgan fingerprint density at radius 2 is 1.35 bits per heavy atom. The van der Waals surface area contributed by atoms with Gasteiger partial charge in [-0.25, -0.2) is 9.97 Å². The van der Waals surface area contributed by atoms with Crippen molar-refractivity contribution in [1.29, 1.82) is 0 Å². The molecule has 0 radical (unpaired) electrons. The zero-order chi connectivity index (χ0) is 35.0. The van der Waals surface area contributed by atoms with E-state index >= 15 is 0 Å². The van der Waals surface area contributed by atoms with E-state index in [1.807, 2.05) is 0 Å². The summed E-state index contributed by atoms with van der Waals surface area (Å²) in [5.74, 6) is 0.0555. The number of hydrogen-bond acceptors (Lipinski definition) is 9. The third-order valence-corrected chi connectivity index (χ3v) is 10.2. The number of nitrogens with zero attached hydrogens (tertiary/aromatic N) is 4. The normalized spacial score (nSPS) is 14.1. The van der Waals surface area contributed by atoms with Gasteiger partial charge in [-0.1, -0.05) is 110 Å². The van der Waals surface area contributed by atoms with Gasteiger partial charge in [0.15, 0.2) is 6.10 Å². The summed E-state index contributed by atoms with van der Waals surface area (Å²) in [6.07, 6.45) is 31.4. The minimum Gasteiger partial charge on any atom is -0.616 e. The van der Waals surface area contributed by atoms with Crippen LogP contribution >= 0.6 is 0 Å². The first kappa shape index (κ1) is 43.1. The van der Waals surface area contributed by atoms with E-state index in [2.05, 4.69) is 39.1 Å². The van der Waals surface area contributed by atoms with Gasteiger partial charge in [0.2, 0.25) is 0 Å². The van der Waals surface area contributed by atoms with Gasteiger partial charge in [-0.2, -0.15) is 0 Å². The van der Waals surface area contributed by atoms with Gasteiger partial charge in [-0.3, -0.25) is 4.79 Å². The fraction of sp³-hybridized carbons (Fsp3) is 0.816. The Balaban J connectivity index is 1.47. The van der Waals surface area contributed by atoms with Gasteiger partial charge in [0.25, 0.3) is 0 Å². The van der Waals surface area contributed by atoms with Crippen LogP contribution in [-0.4, -0.2) is 99.2 Å². The lowest BCUT2D eigenvalue weighted by Crippen LogP contribution is -2.34. The summed E-state index contributed by atoms with van der Waals surface area (Å²) in [7, 11) is 0. The molecule has 1 N–H and O–H groups in total. The Hall–Kier alpha value is -2.08. The van der Waals surface area contributed by atoms with Crippen molar-refractivity contribution >= 4 is 17.1 Å². The Labute approximate surface area is 300 Å². The SMILES string of the molecule is CCCCCCCCCCCCCCCCCCOCC(C[S+]([O-])CCOCCN1C=CN(CCCCCC(=O)O)C1)Oc1ncccn1. The molecule has 0 aliphatic carbocycles. The molecule has 1 aromatic rings. The van der Waals surface area contributed by atoms with Gasteiger partial charge in [-0.05, 0) is 36.5 Å². The Bertz CT molecular complexity index is 931. The maximum atomic E-state index is 12.9. The minimum atomic E-state index is -1.12. The fourth-order valence-electron chi connectivity index (χ4n) is 5.88. The van der Waals surface area contributed by atoms with E-state index in [-0.39, 0.29) is 18.5 Å². The lowest BCUT2D eigenvalue weighted by Gasteiger charge is -2.21. The number of unbranched alkanes of at least 4 members (excludes halogenated alkanes) is 17. The molecule has 1 aliphatic heterocycles. The number of carboxylic acids is 1. The van der Waals surface area contributed by atoms with Crippen molar-refractivity contribution in [2.75, 3.05) is 57.7 Å². The third-order valence-electron chi connectivity index (χ3n) is 8.80. The zero-order valence-electron chi connectivity index (χ0n) is 30.7. The van der Waals surface area contributed by atoms with Crippen LogP contribution in [0.1, 0.15) is 135 Å². The predicted molar refractivity (Wildman–Crippen MR) is 199 cm³/mol. The monoisotopic (exact) mass is 708 g/mol. The molecule has 2 unspecified atom stereocenters. The van der Waals surface area contributed by atoms with Crippen LogP contribution in [0.15, 0.2) is 30.9 Å². The van der Waals surface area contributed by atoms with E-state index < -0.39 is 17.1 Å². The number of carbonyl (C=O) groups is 1. The van der Waals surface area contributed by atoms with E-state index in [1.54, 1.807) is 18.5 Å². The predicted octanol–water partition coefficient (Wildman–Crippen LogP) is 7.96. The molecule has 282 valence electrons. The van der Waals surface area contributed by atoms with E-state index in [0.717, 1.165) is 45.4 Å². The molecule has 0 spiro atoms. The van der Waals surface area contributed by atoms with Gasteiger partial charge in [0.1, 0.15) is 11.5 Å². The first-order chi connectivity index (χ1) is 24.1. The number of aliphatic carboxylic acids is 1. The molecule has 1 aliphatic rings. The molecule has 0 saturated heterocycles. The molecule has 0 saturated carbocycles. The second-order valence-corrected chi connectivity index (χ2v) is 15.0. The van der Waals surface area contributed by atoms with Crippen molar-refractivity contribution in [3.8, 4) is 6.01 Å². The number of carboxylic acid groups (broad SMARTS) is 1. The van der Waals surface area contributed by atoms with Crippen molar-refractivity contribution < 1.29 is 28.7 Å². The van der Waals surface area contributed by atoms with E-state index in [4.69, 9.17) is 19.3 Å². The maximum absolute atomic E-state index is 12.9. The van der Waals surface area contributed by atoms with Crippen molar-refractivity contribution in [2.45, 2.75) is 141 Å². The molecule has 1 aromatic heterocycles. The molecule has 2 rings (SSSR count). The Morgan fingerprint density at radius 3 is 1.96 bits per heavy atom. The highest BCUT2D eigenvalue weighted by molar-refractivity contribution is 7.91. The van der Waals surface area contributed by atoms with E-state index in [0.29, 0.717) is 37.9 Å². The van der Waals surface area contributed by atoms with Gasteiger partial charge >= 0.3 is 12.0 Å². The smallest absolute Gasteiger partial charge is 0.316 e.